The molecule has 0 saturated heterocycles. The zero-order chi connectivity index (χ0) is 14.8. The molecule has 3 heterocycles. The summed E-state index contributed by atoms with van der Waals surface area (Å²) in [5, 5.41) is 15.0. The minimum atomic E-state index is 0.752. The van der Waals surface area contributed by atoms with Crippen LogP contribution >= 0.6 is 47.0 Å². The van der Waals surface area contributed by atoms with Gasteiger partial charge in [-0.3, -0.25) is 0 Å². The van der Waals surface area contributed by atoms with E-state index in [1.807, 2.05) is 29.1 Å². The van der Waals surface area contributed by atoms with Crippen LogP contribution in [-0.2, 0) is 6.54 Å². The monoisotopic (exact) mass is 361 g/mol. The molecule has 0 spiro atoms. The maximum atomic E-state index is 4.31. The largest absolute Gasteiger partial charge is 0.247 e. The second-order valence-corrected chi connectivity index (χ2v) is 8.85. The van der Waals surface area contributed by atoms with Crippen LogP contribution in [0.25, 0.3) is 4.91 Å². The third-order valence-corrected chi connectivity index (χ3v) is 8.07. The molecule has 0 atom stereocenters. The molecule has 0 aliphatic carbocycles. The minimum absolute atomic E-state index is 0.752. The van der Waals surface area contributed by atoms with Gasteiger partial charge in [0.2, 0.25) is 0 Å². The van der Waals surface area contributed by atoms with Gasteiger partial charge < -0.3 is 0 Å². The summed E-state index contributed by atoms with van der Waals surface area (Å²) in [5.41, 5.74) is 2.18. The Morgan fingerprint density at radius 3 is 2.59 bits per heavy atom. The number of nitrogens with zero attached hydrogens (tertiary/aromatic N) is 3. The van der Waals surface area contributed by atoms with E-state index in [1.54, 1.807) is 47.0 Å². The van der Waals surface area contributed by atoms with E-state index in [-0.39, 0.29) is 0 Å². The van der Waals surface area contributed by atoms with Gasteiger partial charge in [-0.2, -0.15) is 0 Å². The van der Waals surface area contributed by atoms with Crippen molar-refractivity contribution in [3.8, 4) is 0 Å². The van der Waals surface area contributed by atoms with Crippen molar-refractivity contribution in [2.24, 2.45) is 0 Å². The van der Waals surface area contributed by atoms with Crippen molar-refractivity contribution in [2.75, 3.05) is 0 Å². The van der Waals surface area contributed by atoms with Crippen LogP contribution in [0.15, 0.2) is 61.2 Å². The Morgan fingerprint density at radius 1 is 0.955 bits per heavy atom. The Bertz CT molecular complexity index is 767. The van der Waals surface area contributed by atoms with E-state index in [2.05, 4.69) is 38.7 Å². The zero-order valence-corrected chi connectivity index (χ0v) is 14.6. The van der Waals surface area contributed by atoms with Gasteiger partial charge in [-0.25, -0.2) is 4.68 Å². The summed E-state index contributed by atoms with van der Waals surface area (Å²) < 4.78 is 4.59. The van der Waals surface area contributed by atoms with Gasteiger partial charge >= 0.3 is 0 Å². The van der Waals surface area contributed by atoms with Crippen LogP contribution in [0.3, 0.4) is 0 Å². The highest BCUT2D eigenvalue weighted by atomic mass is 32.2. The van der Waals surface area contributed by atoms with E-state index < -0.39 is 0 Å². The number of hydrogen-bond acceptors (Lipinski definition) is 6. The maximum Gasteiger partial charge on any atom is 0.120 e. The average molecular weight is 362 g/mol. The number of hydrogen-bond donors (Lipinski definition) is 0. The summed E-state index contributed by atoms with van der Waals surface area (Å²) in [6, 6.07) is 10.3. The van der Waals surface area contributed by atoms with Crippen LogP contribution in [-0.4, -0.2) is 15.0 Å². The fraction of sp³-hybridized carbons (Fsp3) is 0.0667. The first-order valence-corrected chi connectivity index (χ1v) is 10.1. The molecule has 1 aromatic heterocycles. The molecule has 22 heavy (non-hydrogen) atoms. The van der Waals surface area contributed by atoms with Crippen molar-refractivity contribution in [3.63, 3.8) is 0 Å². The molecule has 0 fully saturated rings. The maximum absolute atomic E-state index is 4.31. The highest BCUT2D eigenvalue weighted by Gasteiger charge is 2.21. The van der Waals surface area contributed by atoms with Crippen molar-refractivity contribution in [1.82, 2.24) is 15.0 Å². The molecule has 7 heteroatoms. The molecule has 0 radical (unpaired) electrons. The van der Waals surface area contributed by atoms with Gasteiger partial charge in [0.1, 0.15) is 5.69 Å². The predicted octanol–water partition coefficient (Wildman–Crippen LogP) is 5.18. The van der Waals surface area contributed by atoms with E-state index in [4.69, 9.17) is 0 Å². The number of benzene rings is 1. The Hall–Kier alpha value is -1.02. The van der Waals surface area contributed by atoms with Gasteiger partial charge in [0.25, 0.3) is 0 Å². The van der Waals surface area contributed by atoms with Crippen molar-refractivity contribution in [2.45, 2.75) is 6.54 Å². The average Bonchev–Trinajstić information content (AvgIpc) is 3.29. The molecule has 1 aromatic carbocycles. The lowest BCUT2D eigenvalue weighted by Crippen LogP contribution is -1.99. The van der Waals surface area contributed by atoms with Crippen LogP contribution in [0.4, 0.5) is 0 Å². The molecule has 0 bridgehead atoms. The lowest BCUT2D eigenvalue weighted by molar-refractivity contribution is 0.649. The second kappa shape index (κ2) is 6.62. The Kier molecular flexibility index (Phi) is 4.38. The van der Waals surface area contributed by atoms with Gasteiger partial charge in [0.15, 0.2) is 0 Å². The summed E-state index contributed by atoms with van der Waals surface area (Å²) in [5.74, 6) is 0. The fourth-order valence-corrected chi connectivity index (χ4v) is 6.43. The summed E-state index contributed by atoms with van der Waals surface area (Å²) in [6.45, 7) is 0.752. The quantitative estimate of drug-likeness (QED) is 0.748. The van der Waals surface area contributed by atoms with Crippen molar-refractivity contribution >= 4 is 52.0 Å². The third-order valence-electron chi connectivity index (χ3n) is 3.03. The summed E-state index contributed by atoms with van der Waals surface area (Å²) in [7, 11) is 0. The Balaban J connectivity index is 1.47. The Morgan fingerprint density at radius 2 is 1.77 bits per heavy atom. The number of aromatic nitrogens is 3. The molecule has 4 rings (SSSR count). The molecular formula is C15H11N3S4. The van der Waals surface area contributed by atoms with E-state index in [9.17, 15) is 0 Å². The van der Waals surface area contributed by atoms with Crippen LogP contribution in [0.1, 0.15) is 11.3 Å². The van der Waals surface area contributed by atoms with Gasteiger partial charge in [-0.15, -0.1) is 5.10 Å². The van der Waals surface area contributed by atoms with Gasteiger partial charge in [-0.05, 0) is 21.8 Å². The molecule has 2 aromatic rings. The van der Waals surface area contributed by atoms with Crippen LogP contribution in [0.2, 0.25) is 0 Å². The van der Waals surface area contributed by atoms with E-state index >= 15 is 0 Å². The van der Waals surface area contributed by atoms with Crippen molar-refractivity contribution < 1.29 is 0 Å². The molecule has 0 unspecified atom stereocenters. The van der Waals surface area contributed by atoms with Crippen molar-refractivity contribution in [1.29, 1.82) is 0 Å². The number of rotatable bonds is 3. The zero-order valence-electron chi connectivity index (χ0n) is 11.4. The smallest absolute Gasteiger partial charge is 0.120 e. The molecule has 3 nitrogen and oxygen atoms in total. The topological polar surface area (TPSA) is 30.7 Å². The van der Waals surface area contributed by atoms with Gasteiger partial charge in [0, 0.05) is 4.91 Å². The third kappa shape index (κ3) is 3.17. The first kappa shape index (κ1) is 14.6. The first-order valence-electron chi connectivity index (χ1n) is 6.60. The standard InChI is InChI=1S/C15H11N3S4/c1-2-4-11(5-3-1)8-18-9-12(16-17-18)13-10-21-15(22-13)14-19-6-7-20-14/h1-7,9-10H,8H2. The van der Waals surface area contributed by atoms with E-state index in [0.29, 0.717) is 0 Å². The molecule has 0 amide bonds. The minimum Gasteiger partial charge on any atom is -0.247 e. The molecule has 2 aliphatic rings. The van der Waals surface area contributed by atoms with Crippen LogP contribution < -0.4 is 0 Å². The molecule has 0 N–H and O–H groups in total. The van der Waals surface area contributed by atoms with Gasteiger partial charge in [-0.1, -0.05) is 82.6 Å². The first-order chi connectivity index (χ1) is 10.9. The normalized spacial score (nSPS) is 17.4. The highest BCUT2D eigenvalue weighted by Crippen LogP contribution is 2.55. The van der Waals surface area contributed by atoms with Crippen molar-refractivity contribution in [3.05, 3.63) is 72.5 Å². The number of thioether (sulfide) groups is 4. The fourth-order valence-electron chi connectivity index (χ4n) is 2.02. The predicted molar refractivity (Wildman–Crippen MR) is 100 cm³/mol. The summed E-state index contributed by atoms with van der Waals surface area (Å²) in [4.78, 5) is 1.18. The lowest BCUT2D eigenvalue weighted by Gasteiger charge is -2.00. The van der Waals surface area contributed by atoms with Gasteiger partial charge in [0.05, 0.1) is 21.2 Å². The molecular weight excluding hydrogens is 350 g/mol. The van der Waals surface area contributed by atoms with E-state index in [1.165, 1.54) is 18.9 Å². The Labute approximate surface area is 145 Å². The van der Waals surface area contributed by atoms with E-state index in [0.717, 1.165) is 12.2 Å². The summed E-state index contributed by atoms with van der Waals surface area (Å²) in [6.07, 6.45) is 2.02. The lowest BCUT2D eigenvalue weighted by atomic mass is 10.2. The summed E-state index contributed by atoms with van der Waals surface area (Å²) >= 11 is 7.14. The SMILES string of the molecule is C1=CSC(=C2SC=C(c3cn(Cc4ccccc4)nn3)S2)S1. The molecule has 0 saturated carbocycles. The molecule has 110 valence electrons. The van der Waals surface area contributed by atoms with Crippen LogP contribution in [0.5, 0.6) is 0 Å². The second-order valence-electron chi connectivity index (χ2n) is 4.57. The molecule has 2 aliphatic heterocycles. The van der Waals surface area contributed by atoms with Crippen LogP contribution in [0, 0.1) is 0 Å². The highest BCUT2D eigenvalue weighted by molar-refractivity contribution is 8.35.